The second-order valence-corrected chi connectivity index (χ2v) is 5.09. The molecule has 110 valence electrons. The number of anilines is 1. The van der Waals surface area contributed by atoms with Crippen LogP contribution in [0.5, 0.6) is 0 Å². The molecule has 0 unspecified atom stereocenters. The maximum Gasteiger partial charge on any atom is 0.237 e. The van der Waals surface area contributed by atoms with Crippen molar-refractivity contribution in [1.82, 2.24) is 0 Å². The van der Waals surface area contributed by atoms with Crippen LogP contribution in [0.3, 0.4) is 0 Å². The molecule has 0 spiro atoms. The average molecular weight is 279 g/mol. The standard InChI is InChI=1S/C14H21N3O3/c1-14(2,12(15)17-20)13(19)16-11-7-3-5-10(9-11)6-4-8-18/h3,5,7,9,18,20H,4,6,8H2,1-2H3,(H2,15,17)(H,16,19). The molecule has 1 aromatic rings. The summed E-state index contributed by atoms with van der Waals surface area (Å²) in [7, 11) is 0. The normalized spacial score (nSPS) is 12.2. The van der Waals surface area contributed by atoms with Crippen molar-refractivity contribution < 1.29 is 15.1 Å². The molecule has 0 aliphatic rings. The highest BCUT2D eigenvalue weighted by Crippen LogP contribution is 2.20. The van der Waals surface area contributed by atoms with Crippen molar-refractivity contribution in [3.05, 3.63) is 29.8 Å². The van der Waals surface area contributed by atoms with E-state index in [0.29, 0.717) is 12.1 Å². The molecule has 6 heteroatoms. The Morgan fingerprint density at radius 2 is 2.15 bits per heavy atom. The topological polar surface area (TPSA) is 108 Å². The van der Waals surface area contributed by atoms with E-state index in [1.807, 2.05) is 18.2 Å². The number of amides is 1. The van der Waals surface area contributed by atoms with Gasteiger partial charge >= 0.3 is 0 Å². The zero-order valence-corrected chi connectivity index (χ0v) is 11.8. The smallest absolute Gasteiger partial charge is 0.237 e. The van der Waals surface area contributed by atoms with Crippen molar-refractivity contribution in [2.75, 3.05) is 11.9 Å². The Labute approximate surface area is 118 Å². The summed E-state index contributed by atoms with van der Waals surface area (Å²) in [4.78, 5) is 12.1. The van der Waals surface area contributed by atoms with E-state index >= 15 is 0 Å². The van der Waals surface area contributed by atoms with Crippen molar-refractivity contribution in [1.29, 1.82) is 0 Å². The summed E-state index contributed by atoms with van der Waals surface area (Å²) >= 11 is 0. The molecule has 1 rings (SSSR count). The predicted molar refractivity (Wildman–Crippen MR) is 77.7 cm³/mol. The van der Waals surface area contributed by atoms with Gasteiger partial charge in [0.1, 0.15) is 5.41 Å². The molecule has 5 N–H and O–H groups in total. The largest absolute Gasteiger partial charge is 0.409 e. The van der Waals surface area contributed by atoms with Crippen LogP contribution in [-0.2, 0) is 11.2 Å². The Kier molecular flexibility index (Phi) is 5.52. The predicted octanol–water partition coefficient (Wildman–Crippen LogP) is 1.32. The molecule has 0 aliphatic carbocycles. The van der Waals surface area contributed by atoms with Gasteiger partial charge in [-0.1, -0.05) is 17.3 Å². The maximum absolute atomic E-state index is 12.1. The van der Waals surface area contributed by atoms with Gasteiger partial charge in [-0.25, -0.2) is 0 Å². The fourth-order valence-electron chi connectivity index (χ4n) is 1.62. The lowest BCUT2D eigenvalue weighted by Gasteiger charge is -2.21. The first-order chi connectivity index (χ1) is 9.41. The fourth-order valence-corrected chi connectivity index (χ4v) is 1.62. The van der Waals surface area contributed by atoms with Gasteiger partial charge in [0, 0.05) is 12.3 Å². The number of carbonyl (C=O) groups is 1. The number of oxime groups is 1. The third-order valence-electron chi connectivity index (χ3n) is 3.12. The van der Waals surface area contributed by atoms with Crippen LogP contribution in [0.4, 0.5) is 5.69 Å². The lowest BCUT2D eigenvalue weighted by Crippen LogP contribution is -2.42. The van der Waals surface area contributed by atoms with Gasteiger partial charge in [-0.15, -0.1) is 0 Å². The van der Waals surface area contributed by atoms with Crippen LogP contribution in [0.15, 0.2) is 29.4 Å². The molecule has 0 radical (unpaired) electrons. The minimum Gasteiger partial charge on any atom is -0.409 e. The van der Waals surface area contributed by atoms with Crippen LogP contribution in [0.25, 0.3) is 0 Å². The molecule has 0 saturated heterocycles. The lowest BCUT2D eigenvalue weighted by atomic mass is 9.91. The molecule has 0 bridgehead atoms. The van der Waals surface area contributed by atoms with Crippen molar-refractivity contribution in [2.24, 2.45) is 16.3 Å². The first kappa shape index (κ1) is 16.0. The summed E-state index contributed by atoms with van der Waals surface area (Å²) in [5.74, 6) is -0.501. The molecule has 0 aliphatic heterocycles. The molecule has 20 heavy (non-hydrogen) atoms. The number of rotatable bonds is 6. The molecule has 0 aromatic heterocycles. The van der Waals surface area contributed by atoms with Gasteiger partial charge in [0.15, 0.2) is 5.84 Å². The second-order valence-electron chi connectivity index (χ2n) is 5.09. The number of hydrogen-bond acceptors (Lipinski definition) is 4. The summed E-state index contributed by atoms with van der Waals surface area (Å²) in [5, 5.41) is 23.1. The van der Waals surface area contributed by atoms with Crippen molar-refractivity contribution in [2.45, 2.75) is 26.7 Å². The summed E-state index contributed by atoms with van der Waals surface area (Å²) < 4.78 is 0. The SMILES string of the molecule is CC(C)(C(=O)Nc1cccc(CCCO)c1)/C(N)=N/O. The molecule has 0 fully saturated rings. The molecule has 1 aromatic carbocycles. The number of aryl methyl sites for hydroxylation is 1. The molecular formula is C14H21N3O3. The van der Waals surface area contributed by atoms with E-state index in [0.717, 1.165) is 12.0 Å². The summed E-state index contributed by atoms with van der Waals surface area (Å²) in [6, 6.07) is 7.37. The Balaban J connectivity index is 2.80. The number of nitrogens with two attached hydrogens (primary N) is 1. The fraction of sp³-hybridized carbons (Fsp3) is 0.429. The van der Waals surface area contributed by atoms with Crippen LogP contribution >= 0.6 is 0 Å². The monoisotopic (exact) mass is 279 g/mol. The van der Waals surface area contributed by atoms with Crippen LogP contribution in [0, 0.1) is 5.41 Å². The third-order valence-corrected chi connectivity index (χ3v) is 3.12. The maximum atomic E-state index is 12.1. The van der Waals surface area contributed by atoms with E-state index in [2.05, 4.69) is 10.5 Å². The Morgan fingerprint density at radius 3 is 2.75 bits per heavy atom. The highest BCUT2D eigenvalue weighted by molar-refractivity contribution is 6.11. The number of carbonyl (C=O) groups excluding carboxylic acids is 1. The highest BCUT2D eigenvalue weighted by Gasteiger charge is 2.32. The van der Waals surface area contributed by atoms with Gasteiger partial charge in [0.05, 0.1) is 0 Å². The number of nitrogens with one attached hydrogen (secondary N) is 1. The van der Waals surface area contributed by atoms with E-state index < -0.39 is 5.41 Å². The molecule has 0 heterocycles. The zero-order valence-electron chi connectivity index (χ0n) is 11.8. The van der Waals surface area contributed by atoms with E-state index in [1.54, 1.807) is 19.9 Å². The Hall–Kier alpha value is -2.08. The van der Waals surface area contributed by atoms with Gasteiger partial charge in [0.2, 0.25) is 5.91 Å². The third kappa shape index (κ3) is 3.96. The van der Waals surface area contributed by atoms with Gasteiger partial charge < -0.3 is 21.4 Å². The van der Waals surface area contributed by atoms with Crippen LogP contribution < -0.4 is 11.1 Å². The first-order valence-electron chi connectivity index (χ1n) is 6.41. The van der Waals surface area contributed by atoms with Crippen LogP contribution in [0.2, 0.25) is 0 Å². The number of nitrogens with zero attached hydrogens (tertiary/aromatic N) is 1. The summed E-state index contributed by atoms with van der Waals surface area (Å²) in [6.45, 7) is 3.28. The number of aliphatic hydroxyl groups is 1. The van der Waals surface area contributed by atoms with Crippen LogP contribution in [0.1, 0.15) is 25.8 Å². The van der Waals surface area contributed by atoms with Gasteiger partial charge in [0.25, 0.3) is 0 Å². The second kappa shape index (κ2) is 6.91. The van der Waals surface area contributed by atoms with Gasteiger partial charge in [-0.05, 0) is 44.4 Å². The molecule has 0 atom stereocenters. The van der Waals surface area contributed by atoms with Gasteiger partial charge in [-0.2, -0.15) is 0 Å². The Bertz CT molecular complexity index is 498. The van der Waals surface area contributed by atoms with Crippen LogP contribution in [-0.4, -0.2) is 28.7 Å². The van der Waals surface area contributed by atoms with Crippen molar-refractivity contribution in [3.8, 4) is 0 Å². The first-order valence-corrected chi connectivity index (χ1v) is 6.41. The van der Waals surface area contributed by atoms with Crippen molar-refractivity contribution >= 4 is 17.4 Å². The summed E-state index contributed by atoms with van der Waals surface area (Å²) in [5.41, 5.74) is 6.08. The Morgan fingerprint density at radius 1 is 1.45 bits per heavy atom. The summed E-state index contributed by atoms with van der Waals surface area (Å²) in [6.07, 6.45) is 1.41. The minimum atomic E-state index is -1.10. The quantitative estimate of drug-likeness (QED) is 0.272. The number of amidine groups is 1. The van der Waals surface area contributed by atoms with E-state index in [4.69, 9.17) is 16.0 Å². The highest BCUT2D eigenvalue weighted by atomic mass is 16.4. The molecule has 1 amide bonds. The number of benzene rings is 1. The number of hydrogen-bond donors (Lipinski definition) is 4. The molecular weight excluding hydrogens is 258 g/mol. The zero-order chi connectivity index (χ0) is 15.2. The molecule has 6 nitrogen and oxygen atoms in total. The lowest BCUT2D eigenvalue weighted by molar-refractivity contribution is -0.121. The van der Waals surface area contributed by atoms with E-state index in [-0.39, 0.29) is 18.3 Å². The van der Waals surface area contributed by atoms with E-state index in [9.17, 15) is 4.79 Å². The van der Waals surface area contributed by atoms with Gasteiger partial charge in [-0.3, -0.25) is 4.79 Å². The van der Waals surface area contributed by atoms with E-state index in [1.165, 1.54) is 0 Å². The number of aliphatic hydroxyl groups excluding tert-OH is 1. The molecule has 0 saturated carbocycles. The average Bonchev–Trinajstić information content (AvgIpc) is 2.44. The minimum absolute atomic E-state index is 0.132. The van der Waals surface area contributed by atoms with Crippen molar-refractivity contribution in [3.63, 3.8) is 0 Å².